The first-order valence-corrected chi connectivity index (χ1v) is 8.15. The molecule has 1 aliphatic rings. The number of alkyl halides is 2. The molecule has 0 saturated carbocycles. The lowest BCUT2D eigenvalue weighted by atomic mass is 10.0. The molecule has 1 N–H and O–H groups in total. The molecule has 1 saturated heterocycles. The highest BCUT2D eigenvalue weighted by Crippen LogP contribution is 2.38. The van der Waals surface area contributed by atoms with Crippen molar-refractivity contribution in [1.29, 1.82) is 0 Å². The van der Waals surface area contributed by atoms with Gasteiger partial charge in [-0.1, -0.05) is 12.1 Å². The van der Waals surface area contributed by atoms with Gasteiger partial charge in [-0.05, 0) is 6.92 Å². The Balaban J connectivity index is 2.16. The number of hydrogen-bond acceptors (Lipinski definition) is 3. The largest absolute Gasteiger partial charge is 0.272 e. The van der Waals surface area contributed by atoms with Crippen molar-refractivity contribution in [2.75, 3.05) is 10.8 Å². The van der Waals surface area contributed by atoms with Crippen LogP contribution in [0.25, 0.3) is 11.1 Å². The van der Waals surface area contributed by atoms with Crippen molar-refractivity contribution in [3.8, 4) is 11.1 Å². The molecule has 1 atom stereocenters. The SMILES string of the molecule is CCn1cc(-c2ccc(C(F)F)c(N3CC(=O)NS3=O)c2F)cn1. The maximum atomic E-state index is 15.0. The Kier molecular flexibility index (Phi) is 4.31. The Labute approximate surface area is 138 Å². The Hall–Kier alpha value is -2.36. The van der Waals surface area contributed by atoms with Gasteiger partial charge in [-0.2, -0.15) is 5.10 Å². The van der Waals surface area contributed by atoms with Crippen molar-refractivity contribution >= 4 is 22.8 Å². The number of aryl methyl sites for hydroxylation is 1. The molecule has 10 heteroatoms. The third-order valence-electron chi connectivity index (χ3n) is 3.59. The summed E-state index contributed by atoms with van der Waals surface area (Å²) in [5.74, 6) is -1.59. The number of anilines is 1. The minimum Gasteiger partial charge on any atom is -0.272 e. The molecule has 1 aromatic heterocycles. The summed E-state index contributed by atoms with van der Waals surface area (Å²) >= 11 is -2.10. The van der Waals surface area contributed by atoms with Crippen LogP contribution in [0.15, 0.2) is 24.5 Å². The van der Waals surface area contributed by atoms with Crippen molar-refractivity contribution in [2.45, 2.75) is 19.9 Å². The monoisotopic (exact) mass is 358 g/mol. The molecule has 0 bridgehead atoms. The number of aromatic nitrogens is 2. The molecule has 1 aromatic carbocycles. The van der Waals surface area contributed by atoms with Crippen LogP contribution in [0.3, 0.4) is 0 Å². The number of nitrogens with one attached hydrogen (secondary N) is 1. The second-order valence-corrected chi connectivity index (χ2v) is 6.20. The molecular formula is C14H13F3N4O2S. The average Bonchev–Trinajstić information content (AvgIpc) is 3.13. The number of hydrogen-bond donors (Lipinski definition) is 1. The van der Waals surface area contributed by atoms with E-state index in [1.54, 1.807) is 10.9 Å². The zero-order valence-corrected chi connectivity index (χ0v) is 13.3. The summed E-state index contributed by atoms with van der Waals surface area (Å²) in [6, 6.07) is 2.30. The van der Waals surface area contributed by atoms with E-state index < -0.39 is 47.1 Å². The molecule has 1 unspecified atom stereocenters. The maximum Gasteiger partial charge on any atom is 0.265 e. The van der Waals surface area contributed by atoms with Gasteiger partial charge in [0.1, 0.15) is 6.54 Å². The Bertz CT molecular complexity index is 824. The lowest BCUT2D eigenvalue weighted by Crippen LogP contribution is -2.25. The lowest BCUT2D eigenvalue weighted by molar-refractivity contribution is -0.117. The second-order valence-electron chi connectivity index (χ2n) is 5.06. The Morgan fingerprint density at radius 2 is 2.17 bits per heavy atom. The molecule has 24 heavy (non-hydrogen) atoms. The normalized spacial score (nSPS) is 17.6. The molecule has 2 aromatic rings. The number of amides is 1. The highest BCUT2D eigenvalue weighted by Gasteiger charge is 2.34. The van der Waals surface area contributed by atoms with Gasteiger partial charge >= 0.3 is 0 Å². The summed E-state index contributed by atoms with van der Waals surface area (Å²) in [5.41, 5.74) is -0.710. The number of rotatable bonds is 4. The maximum absolute atomic E-state index is 15.0. The van der Waals surface area contributed by atoms with Gasteiger partial charge in [0.25, 0.3) is 12.3 Å². The molecule has 1 aliphatic heterocycles. The highest BCUT2D eigenvalue weighted by atomic mass is 32.2. The van der Waals surface area contributed by atoms with E-state index >= 15 is 0 Å². The van der Waals surface area contributed by atoms with Crippen LogP contribution < -0.4 is 9.03 Å². The summed E-state index contributed by atoms with van der Waals surface area (Å²) in [5, 5.41) is 4.03. The first-order chi connectivity index (χ1) is 11.4. The van der Waals surface area contributed by atoms with E-state index in [-0.39, 0.29) is 5.56 Å². The minimum atomic E-state index is -2.98. The van der Waals surface area contributed by atoms with Gasteiger partial charge in [0.05, 0.1) is 11.9 Å². The van der Waals surface area contributed by atoms with Gasteiger partial charge in [0.2, 0.25) is 11.2 Å². The van der Waals surface area contributed by atoms with Crippen LogP contribution >= 0.6 is 0 Å². The highest BCUT2D eigenvalue weighted by molar-refractivity contribution is 7.85. The van der Waals surface area contributed by atoms with Crippen molar-refractivity contribution in [3.63, 3.8) is 0 Å². The van der Waals surface area contributed by atoms with Crippen LogP contribution in [-0.4, -0.2) is 26.4 Å². The predicted octanol–water partition coefficient (Wildman–Crippen LogP) is 2.16. The zero-order valence-electron chi connectivity index (χ0n) is 12.5. The van der Waals surface area contributed by atoms with E-state index in [0.717, 1.165) is 10.4 Å². The topological polar surface area (TPSA) is 67.2 Å². The number of carbonyl (C=O) groups is 1. The predicted molar refractivity (Wildman–Crippen MR) is 81.9 cm³/mol. The number of carbonyl (C=O) groups excluding carboxylic acids is 1. The smallest absolute Gasteiger partial charge is 0.265 e. The summed E-state index contributed by atoms with van der Waals surface area (Å²) in [4.78, 5) is 11.4. The lowest BCUT2D eigenvalue weighted by Gasteiger charge is -2.20. The van der Waals surface area contributed by atoms with Gasteiger partial charge in [0, 0.05) is 29.4 Å². The van der Waals surface area contributed by atoms with E-state index in [0.29, 0.717) is 12.1 Å². The molecule has 0 spiro atoms. The van der Waals surface area contributed by atoms with Crippen molar-refractivity contribution < 1.29 is 22.2 Å². The third kappa shape index (κ3) is 2.77. The van der Waals surface area contributed by atoms with E-state index in [2.05, 4.69) is 9.82 Å². The first-order valence-electron chi connectivity index (χ1n) is 7.04. The van der Waals surface area contributed by atoms with Crippen molar-refractivity contribution in [3.05, 3.63) is 35.9 Å². The number of benzene rings is 1. The summed E-state index contributed by atoms with van der Waals surface area (Å²) < 4.78 is 57.8. The summed E-state index contributed by atoms with van der Waals surface area (Å²) in [7, 11) is 0. The van der Waals surface area contributed by atoms with Crippen LogP contribution in [0.2, 0.25) is 0 Å². The van der Waals surface area contributed by atoms with Crippen LogP contribution in [0, 0.1) is 5.82 Å². The second kappa shape index (κ2) is 6.27. The fourth-order valence-electron chi connectivity index (χ4n) is 2.44. The van der Waals surface area contributed by atoms with Gasteiger partial charge in [-0.3, -0.25) is 18.5 Å². The van der Waals surface area contributed by atoms with Gasteiger partial charge in [-0.25, -0.2) is 17.4 Å². The summed E-state index contributed by atoms with van der Waals surface area (Å²) in [6.07, 6.45) is 0.0155. The Morgan fingerprint density at radius 1 is 1.42 bits per heavy atom. The third-order valence-corrected chi connectivity index (χ3v) is 4.70. The average molecular weight is 358 g/mol. The minimum absolute atomic E-state index is 0.0467. The molecule has 128 valence electrons. The quantitative estimate of drug-likeness (QED) is 0.911. The van der Waals surface area contributed by atoms with E-state index in [4.69, 9.17) is 0 Å². The first kappa shape index (κ1) is 16.5. The van der Waals surface area contributed by atoms with Crippen LogP contribution in [0.5, 0.6) is 0 Å². The molecule has 2 heterocycles. The Morgan fingerprint density at radius 3 is 2.71 bits per heavy atom. The zero-order chi connectivity index (χ0) is 17.4. The number of halogens is 3. The van der Waals surface area contributed by atoms with Crippen LogP contribution in [0.1, 0.15) is 18.9 Å². The van der Waals surface area contributed by atoms with Crippen LogP contribution in [-0.2, 0) is 22.5 Å². The fraction of sp³-hybridized carbons (Fsp3) is 0.286. The molecule has 1 amide bonds. The molecular weight excluding hydrogens is 345 g/mol. The van der Waals surface area contributed by atoms with E-state index in [1.807, 2.05) is 6.92 Å². The van der Waals surface area contributed by atoms with Crippen LogP contribution in [0.4, 0.5) is 18.9 Å². The molecule has 1 fully saturated rings. The van der Waals surface area contributed by atoms with Gasteiger partial charge in [0.15, 0.2) is 5.82 Å². The van der Waals surface area contributed by atoms with E-state index in [1.165, 1.54) is 12.3 Å². The standard InChI is InChI=1S/C14H13F3N4O2S/c1-2-20-6-8(5-18-20)9-3-4-10(14(16)17)13(12(9)15)21-7-11(22)19-24(21)23/h3-6,14H,2,7H2,1H3,(H,19,22). The molecule has 3 rings (SSSR count). The number of nitrogens with zero attached hydrogens (tertiary/aromatic N) is 3. The molecule has 0 aliphatic carbocycles. The van der Waals surface area contributed by atoms with Crippen molar-refractivity contribution in [2.24, 2.45) is 0 Å². The summed E-state index contributed by atoms with van der Waals surface area (Å²) in [6.45, 7) is 1.96. The fourth-order valence-corrected chi connectivity index (χ4v) is 3.40. The molecule has 0 radical (unpaired) electrons. The van der Waals surface area contributed by atoms with E-state index in [9.17, 15) is 22.2 Å². The van der Waals surface area contributed by atoms with Crippen molar-refractivity contribution in [1.82, 2.24) is 14.5 Å². The van der Waals surface area contributed by atoms with Gasteiger partial charge in [-0.15, -0.1) is 0 Å². The van der Waals surface area contributed by atoms with Gasteiger partial charge < -0.3 is 0 Å². The molecule has 6 nitrogen and oxygen atoms in total.